The number of carbonyl (C=O) groups excluding carboxylic acids is 1. The van der Waals surface area contributed by atoms with Gasteiger partial charge in [0.2, 0.25) is 15.9 Å². The van der Waals surface area contributed by atoms with Crippen molar-refractivity contribution in [3.8, 4) is 5.75 Å². The summed E-state index contributed by atoms with van der Waals surface area (Å²) in [6.45, 7) is 2.37. The normalized spacial score (nSPS) is 16.4. The largest absolute Gasteiger partial charge is 0.497 e. The summed E-state index contributed by atoms with van der Waals surface area (Å²) < 4.78 is 31.2. The fourth-order valence-corrected chi connectivity index (χ4v) is 5.97. The third-order valence-corrected chi connectivity index (χ3v) is 7.53. The van der Waals surface area contributed by atoms with Crippen molar-refractivity contribution in [1.29, 1.82) is 0 Å². The molecule has 1 aliphatic rings. The summed E-state index contributed by atoms with van der Waals surface area (Å²) in [6, 6.07) is 5.93. The number of thioether (sulfide) groups is 1. The molecular weight excluding hydrogens is 396 g/mol. The van der Waals surface area contributed by atoms with E-state index in [9.17, 15) is 13.2 Å². The molecule has 0 bridgehead atoms. The van der Waals surface area contributed by atoms with Crippen LogP contribution in [0.25, 0.3) is 0 Å². The molecule has 0 heterocycles. The molecule has 1 N–H and O–H groups in total. The molecule has 158 valence electrons. The minimum atomic E-state index is -3.62. The fourth-order valence-electron chi connectivity index (χ4n) is 3.54. The molecule has 1 unspecified atom stereocenters. The van der Waals surface area contributed by atoms with Gasteiger partial charge in [-0.05, 0) is 43.5 Å². The number of carbonyl (C=O) groups is 1. The Kier molecular flexibility index (Phi) is 8.95. The molecule has 1 amide bonds. The van der Waals surface area contributed by atoms with Crippen LogP contribution < -0.4 is 14.4 Å². The number of sulfonamides is 1. The SMILES string of the molecule is CCC(C(=O)NCCSC1CCCCC1)N(c1ccc(OC)cc1)S(C)(=O)=O. The molecule has 1 aliphatic carbocycles. The lowest BCUT2D eigenvalue weighted by Gasteiger charge is -2.30. The highest BCUT2D eigenvalue weighted by Crippen LogP contribution is 2.28. The number of hydrogen-bond acceptors (Lipinski definition) is 5. The molecule has 8 heteroatoms. The lowest BCUT2D eigenvalue weighted by molar-refractivity contribution is -0.122. The Bertz CT molecular complexity index is 716. The summed E-state index contributed by atoms with van der Waals surface area (Å²) in [5.41, 5.74) is 0.460. The first kappa shape index (κ1) is 22.9. The van der Waals surface area contributed by atoms with Gasteiger partial charge in [0.1, 0.15) is 11.8 Å². The first-order chi connectivity index (χ1) is 13.4. The predicted octanol–water partition coefficient (Wildman–Crippen LogP) is 3.42. The van der Waals surface area contributed by atoms with Crippen LogP contribution in [-0.4, -0.2) is 51.3 Å². The summed E-state index contributed by atoms with van der Waals surface area (Å²) in [4.78, 5) is 12.8. The van der Waals surface area contributed by atoms with Crippen molar-refractivity contribution in [1.82, 2.24) is 5.32 Å². The monoisotopic (exact) mass is 428 g/mol. The summed E-state index contributed by atoms with van der Waals surface area (Å²) in [6.07, 6.45) is 7.97. The Labute approximate surface area is 173 Å². The van der Waals surface area contributed by atoms with Gasteiger partial charge in [-0.3, -0.25) is 9.10 Å². The Morgan fingerprint density at radius 2 is 1.89 bits per heavy atom. The Hall–Kier alpha value is -1.41. The molecule has 6 nitrogen and oxygen atoms in total. The Morgan fingerprint density at radius 3 is 2.43 bits per heavy atom. The topological polar surface area (TPSA) is 75.7 Å². The van der Waals surface area contributed by atoms with Crippen molar-refractivity contribution >= 4 is 33.4 Å². The molecule has 28 heavy (non-hydrogen) atoms. The fraction of sp³-hybridized carbons (Fsp3) is 0.650. The van der Waals surface area contributed by atoms with Gasteiger partial charge in [-0.2, -0.15) is 11.8 Å². The van der Waals surface area contributed by atoms with Crippen LogP contribution in [0.4, 0.5) is 5.69 Å². The molecule has 0 saturated heterocycles. The maximum absolute atomic E-state index is 12.8. The van der Waals surface area contributed by atoms with Gasteiger partial charge >= 0.3 is 0 Å². The first-order valence-electron chi connectivity index (χ1n) is 9.89. The van der Waals surface area contributed by atoms with Crippen molar-refractivity contribution in [3.05, 3.63) is 24.3 Å². The van der Waals surface area contributed by atoms with Crippen molar-refractivity contribution in [2.24, 2.45) is 0 Å². The van der Waals surface area contributed by atoms with Crippen LogP contribution in [0, 0.1) is 0 Å². The zero-order chi connectivity index (χ0) is 20.6. The molecule has 1 atom stereocenters. The second-order valence-corrected chi connectivity index (χ2v) is 10.4. The quantitative estimate of drug-likeness (QED) is 0.578. The Balaban J connectivity index is 2.00. The summed E-state index contributed by atoms with van der Waals surface area (Å²) in [5.74, 6) is 1.23. The molecule has 0 radical (unpaired) electrons. The summed E-state index contributed by atoms with van der Waals surface area (Å²) >= 11 is 1.91. The third kappa shape index (κ3) is 6.58. The smallest absolute Gasteiger partial charge is 0.243 e. The average molecular weight is 429 g/mol. The lowest BCUT2D eigenvalue weighted by Crippen LogP contribution is -2.49. The van der Waals surface area contributed by atoms with Crippen LogP contribution >= 0.6 is 11.8 Å². The lowest BCUT2D eigenvalue weighted by atomic mass is 10.0. The molecule has 0 aromatic heterocycles. The van der Waals surface area contributed by atoms with E-state index in [-0.39, 0.29) is 5.91 Å². The summed E-state index contributed by atoms with van der Waals surface area (Å²) in [5, 5.41) is 3.62. The number of benzene rings is 1. The molecule has 1 fully saturated rings. The first-order valence-corrected chi connectivity index (χ1v) is 12.8. The standard InChI is InChI=1S/C20H32N2O4S2/c1-4-19(20(23)21-14-15-27-18-8-6-5-7-9-18)22(28(3,24)25)16-10-12-17(26-2)13-11-16/h10-13,18-19H,4-9,14-15H2,1-3H3,(H,21,23). The second kappa shape index (κ2) is 11.0. The third-order valence-electron chi connectivity index (χ3n) is 4.96. The van der Waals surface area contributed by atoms with Gasteiger partial charge in [-0.15, -0.1) is 0 Å². The predicted molar refractivity (Wildman–Crippen MR) is 117 cm³/mol. The highest BCUT2D eigenvalue weighted by Gasteiger charge is 2.31. The molecule has 1 saturated carbocycles. The van der Waals surface area contributed by atoms with E-state index in [1.807, 2.05) is 18.7 Å². The molecular formula is C20H32N2O4S2. The number of methoxy groups -OCH3 is 1. The minimum absolute atomic E-state index is 0.256. The van der Waals surface area contributed by atoms with E-state index in [0.717, 1.165) is 12.0 Å². The highest BCUT2D eigenvalue weighted by molar-refractivity contribution is 7.99. The summed E-state index contributed by atoms with van der Waals surface area (Å²) in [7, 11) is -2.06. The van der Waals surface area contributed by atoms with E-state index in [1.165, 1.54) is 36.4 Å². The number of hydrogen-bond donors (Lipinski definition) is 1. The van der Waals surface area contributed by atoms with Crippen LogP contribution in [0.15, 0.2) is 24.3 Å². The zero-order valence-electron chi connectivity index (χ0n) is 17.0. The zero-order valence-corrected chi connectivity index (χ0v) is 18.7. The van der Waals surface area contributed by atoms with E-state index in [4.69, 9.17) is 4.74 Å². The van der Waals surface area contributed by atoms with Crippen molar-refractivity contribution in [3.63, 3.8) is 0 Å². The van der Waals surface area contributed by atoms with E-state index in [1.54, 1.807) is 31.4 Å². The maximum atomic E-state index is 12.8. The van der Waals surface area contributed by atoms with E-state index in [2.05, 4.69) is 5.32 Å². The van der Waals surface area contributed by atoms with Gasteiger partial charge in [-0.25, -0.2) is 8.42 Å². The highest BCUT2D eigenvalue weighted by atomic mass is 32.2. The van der Waals surface area contributed by atoms with E-state index >= 15 is 0 Å². The second-order valence-electron chi connectivity index (χ2n) is 7.10. The Morgan fingerprint density at radius 1 is 1.25 bits per heavy atom. The molecule has 1 aromatic rings. The molecule has 2 rings (SSSR count). The van der Waals surface area contributed by atoms with Gasteiger partial charge in [0, 0.05) is 17.5 Å². The molecule has 1 aromatic carbocycles. The van der Waals surface area contributed by atoms with Crippen molar-refractivity contribution in [2.45, 2.75) is 56.7 Å². The number of ether oxygens (including phenoxy) is 1. The van der Waals surface area contributed by atoms with Crippen LogP contribution in [0.5, 0.6) is 5.75 Å². The number of rotatable bonds is 10. The van der Waals surface area contributed by atoms with Crippen molar-refractivity contribution < 1.29 is 17.9 Å². The maximum Gasteiger partial charge on any atom is 0.243 e. The van der Waals surface area contributed by atoms with Crippen LogP contribution in [0.2, 0.25) is 0 Å². The number of nitrogens with zero attached hydrogens (tertiary/aromatic N) is 1. The van der Waals surface area contributed by atoms with E-state index < -0.39 is 16.1 Å². The number of nitrogens with one attached hydrogen (secondary N) is 1. The van der Waals surface area contributed by atoms with Gasteiger partial charge < -0.3 is 10.1 Å². The van der Waals surface area contributed by atoms with Crippen LogP contribution in [-0.2, 0) is 14.8 Å². The van der Waals surface area contributed by atoms with Crippen LogP contribution in [0.1, 0.15) is 45.4 Å². The number of amides is 1. The van der Waals surface area contributed by atoms with Crippen LogP contribution in [0.3, 0.4) is 0 Å². The van der Waals surface area contributed by atoms with Gasteiger partial charge in [0.05, 0.1) is 19.1 Å². The molecule has 0 spiro atoms. The van der Waals surface area contributed by atoms with Gasteiger partial charge in [-0.1, -0.05) is 26.2 Å². The molecule has 0 aliphatic heterocycles. The minimum Gasteiger partial charge on any atom is -0.497 e. The van der Waals surface area contributed by atoms with Gasteiger partial charge in [0.15, 0.2) is 0 Å². The van der Waals surface area contributed by atoms with E-state index in [0.29, 0.717) is 29.7 Å². The number of anilines is 1. The van der Waals surface area contributed by atoms with Crippen molar-refractivity contribution in [2.75, 3.05) is 30.0 Å². The van der Waals surface area contributed by atoms with Gasteiger partial charge in [0.25, 0.3) is 0 Å². The average Bonchev–Trinajstić information content (AvgIpc) is 2.69.